The molecule has 1 aliphatic rings. The number of nitrogens with zero attached hydrogens (tertiary/aromatic N) is 1. The maximum Gasteiger partial charge on any atom is 0.573 e. The van der Waals surface area contributed by atoms with Crippen LogP contribution in [0.1, 0.15) is 23.6 Å². The summed E-state index contributed by atoms with van der Waals surface area (Å²) < 4.78 is 75.0. The van der Waals surface area contributed by atoms with Gasteiger partial charge in [0.15, 0.2) is 0 Å². The highest BCUT2D eigenvalue weighted by molar-refractivity contribution is 6.05. The van der Waals surface area contributed by atoms with Gasteiger partial charge in [0.25, 0.3) is 0 Å². The van der Waals surface area contributed by atoms with E-state index in [0.717, 1.165) is 12.1 Å². The molecule has 0 aromatic heterocycles. The zero-order chi connectivity index (χ0) is 26.6. The van der Waals surface area contributed by atoms with Gasteiger partial charge in [-0.3, -0.25) is 9.79 Å². The third-order valence-corrected chi connectivity index (χ3v) is 5.96. The van der Waals surface area contributed by atoms with Gasteiger partial charge in [-0.15, -0.1) is 13.2 Å². The fourth-order valence-corrected chi connectivity index (χ4v) is 4.24. The van der Waals surface area contributed by atoms with E-state index in [9.17, 15) is 26.7 Å². The van der Waals surface area contributed by atoms with Gasteiger partial charge in [-0.1, -0.05) is 42.5 Å². The van der Waals surface area contributed by atoms with E-state index in [-0.39, 0.29) is 35.9 Å². The summed E-state index contributed by atoms with van der Waals surface area (Å²) in [5, 5.41) is 2.77. The third-order valence-electron chi connectivity index (χ3n) is 5.96. The van der Waals surface area contributed by atoms with Crippen molar-refractivity contribution in [2.24, 2.45) is 10.9 Å². The molecule has 0 radical (unpaired) electrons. The molecule has 5 nitrogen and oxygen atoms in total. The number of carbonyl (C=O) groups excluding carboxylic acids is 1. The largest absolute Gasteiger partial charge is 0.573 e. The Bertz CT molecular complexity index is 1250. The Kier molecular flexibility index (Phi) is 7.87. The van der Waals surface area contributed by atoms with Crippen molar-refractivity contribution >= 4 is 11.6 Å². The van der Waals surface area contributed by atoms with E-state index in [1.165, 1.54) is 37.4 Å². The number of methoxy groups -OCH3 is 1. The molecule has 0 saturated carbocycles. The van der Waals surface area contributed by atoms with Crippen LogP contribution in [0.5, 0.6) is 5.75 Å². The molecule has 1 N–H and O–H groups in total. The van der Waals surface area contributed by atoms with Crippen LogP contribution in [-0.2, 0) is 9.53 Å². The number of hydrogen-bond acceptors (Lipinski definition) is 4. The smallest absolute Gasteiger partial charge is 0.406 e. The first-order chi connectivity index (χ1) is 17.7. The molecule has 2 atom stereocenters. The van der Waals surface area contributed by atoms with Gasteiger partial charge in [0.05, 0.1) is 24.1 Å². The van der Waals surface area contributed by atoms with Crippen molar-refractivity contribution in [1.29, 1.82) is 0 Å². The van der Waals surface area contributed by atoms with Crippen LogP contribution < -0.4 is 10.1 Å². The number of amides is 1. The van der Waals surface area contributed by atoms with Gasteiger partial charge in [0.2, 0.25) is 5.91 Å². The number of carbonyl (C=O) groups is 1. The lowest BCUT2D eigenvalue weighted by atomic mass is 9.90. The number of halogens is 5. The molecule has 1 aliphatic heterocycles. The monoisotopic (exact) mass is 518 g/mol. The van der Waals surface area contributed by atoms with E-state index < -0.39 is 30.0 Å². The quantitative estimate of drug-likeness (QED) is 0.301. The fourth-order valence-electron chi connectivity index (χ4n) is 4.24. The molecule has 1 amide bonds. The summed E-state index contributed by atoms with van der Waals surface area (Å²) >= 11 is 0. The van der Waals surface area contributed by atoms with Crippen LogP contribution in [0.15, 0.2) is 71.7 Å². The lowest BCUT2D eigenvalue weighted by Crippen LogP contribution is -2.34. The van der Waals surface area contributed by atoms with Crippen molar-refractivity contribution in [2.45, 2.75) is 18.8 Å². The van der Waals surface area contributed by atoms with Gasteiger partial charge in [-0.2, -0.15) is 0 Å². The minimum Gasteiger partial charge on any atom is -0.406 e. The number of benzene rings is 3. The summed E-state index contributed by atoms with van der Waals surface area (Å²) in [6, 6.07) is 15.2. The van der Waals surface area contributed by atoms with Gasteiger partial charge in [0.1, 0.15) is 17.4 Å². The van der Waals surface area contributed by atoms with Crippen molar-refractivity contribution in [1.82, 2.24) is 5.32 Å². The van der Waals surface area contributed by atoms with Gasteiger partial charge in [-0.05, 0) is 41.0 Å². The maximum absolute atomic E-state index is 14.5. The van der Waals surface area contributed by atoms with E-state index in [0.29, 0.717) is 23.3 Å². The molecule has 3 aromatic carbocycles. The second-order valence-electron chi connectivity index (χ2n) is 8.41. The molecule has 0 aliphatic carbocycles. The molecule has 4 rings (SSSR count). The highest BCUT2D eigenvalue weighted by atomic mass is 19.4. The van der Waals surface area contributed by atoms with Crippen LogP contribution >= 0.6 is 0 Å². The number of alkyl halides is 3. The van der Waals surface area contributed by atoms with E-state index in [2.05, 4.69) is 15.0 Å². The van der Waals surface area contributed by atoms with Crippen LogP contribution in [0.4, 0.5) is 22.0 Å². The Morgan fingerprint density at radius 3 is 2.14 bits per heavy atom. The third kappa shape index (κ3) is 6.32. The van der Waals surface area contributed by atoms with Crippen molar-refractivity contribution in [3.63, 3.8) is 0 Å². The molecule has 0 spiro atoms. The minimum absolute atomic E-state index is 0.0454. The Hall–Kier alpha value is -3.79. The Labute approximate surface area is 209 Å². The standard InChI is InChI=1S/C27H23F5N2O3/c1-36-14-13-33-26(35)20-15-23(24-21(28)3-2-4-22(24)29)34-25(20)18-7-5-16(6-8-18)17-9-11-19(12-10-17)37-27(30,31)32/h2-12,20,25H,13-15H2,1H3,(H,33,35)/t20-,25-/m0/s1. The number of ether oxygens (including phenoxy) is 2. The van der Waals surface area contributed by atoms with Crippen LogP contribution in [-0.4, -0.2) is 38.2 Å². The van der Waals surface area contributed by atoms with Gasteiger partial charge in [0, 0.05) is 25.8 Å². The lowest BCUT2D eigenvalue weighted by molar-refractivity contribution is -0.274. The summed E-state index contributed by atoms with van der Waals surface area (Å²) in [5.41, 5.74) is 1.93. The molecule has 1 heterocycles. The molecule has 194 valence electrons. The zero-order valence-electron chi connectivity index (χ0n) is 19.7. The summed E-state index contributed by atoms with van der Waals surface area (Å²) in [5.74, 6) is -2.86. The van der Waals surface area contributed by atoms with Crippen LogP contribution in [0.3, 0.4) is 0 Å². The second-order valence-corrected chi connectivity index (χ2v) is 8.41. The lowest BCUT2D eigenvalue weighted by Gasteiger charge is -2.18. The van der Waals surface area contributed by atoms with E-state index in [1.807, 2.05) is 0 Å². The SMILES string of the molecule is COCCNC(=O)[C@H]1CC(c2c(F)cccc2F)=N[C@H]1c1ccc(-c2ccc(OC(F)(F)F)cc2)cc1. The average Bonchev–Trinajstić information content (AvgIpc) is 3.29. The number of rotatable bonds is 8. The van der Waals surface area contributed by atoms with Gasteiger partial charge >= 0.3 is 6.36 Å². The molecule has 3 aromatic rings. The molecule has 0 unspecified atom stereocenters. The number of hydrogen-bond donors (Lipinski definition) is 1. The van der Waals surface area contributed by atoms with E-state index in [4.69, 9.17) is 4.74 Å². The first kappa shape index (κ1) is 26.3. The van der Waals surface area contributed by atoms with Crippen molar-refractivity contribution < 1.29 is 36.2 Å². The predicted molar refractivity (Wildman–Crippen MR) is 127 cm³/mol. The molecular weight excluding hydrogens is 495 g/mol. The van der Waals surface area contributed by atoms with Crippen LogP contribution in [0.2, 0.25) is 0 Å². The topological polar surface area (TPSA) is 59.9 Å². The van der Waals surface area contributed by atoms with Crippen molar-refractivity contribution in [3.05, 3.63) is 89.5 Å². The predicted octanol–water partition coefficient (Wildman–Crippen LogP) is 5.84. The minimum atomic E-state index is -4.78. The Morgan fingerprint density at radius 1 is 0.973 bits per heavy atom. The Morgan fingerprint density at radius 2 is 1.57 bits per heavy atom. The summed E-state index contributed by atoms with van der Waals surface area (Å²) in [4.78, 5) is 17.5. The highest BCUT2D eigenvalue weighted by Crippen LogP contribution is 2.38. The Balaban J connectivity index is 1.60. The summed E-state index contributed by atoms with van der Waals surface area (Å²) in [7, 11) is 1.51. The van der Waals surface area contributed by atoms with E-state index >= 15 is 0 Å². The first-order valence-corrected chi connectivity index (χ1v) is 11.4. The van der Waals surface area contributed by atoms with Crippen LogP contribution in [0, 0.1) is 17.6 Å². The maximum atomic E-state index is 14.5. The normalized spacial score (nSPS) is 17.4. The highest BCUT2D eigenvalue weighted by Gasteiger charge is 2.37. The van der Waals surface area contributed by atoms with Gasteiger partial charge in [-0.25, -0.2) is 8.78 Å². The zero-order valence-corrected chi connectivity index (χ0v) is 19.7. The first-order valence-electron chi connectivity index (χ1n) is 11.4. The summed E-state index contributed by atoms with van der Waals surface area (Å²) in [6.07, 6.45) is -4.73. The molecule has 0 bridgehead atoms. The van der Waals surface area contributed by atoms with Gasteiger partial charge < -0.3 is 14.8 Å². The second kappa shape index (κ2) is 11.1. The molecular formula is C27H23F5N2O3. The molecule has 10 heteroatoms. The molecule has 0 saturated heterocycles. The number of nitrogens with one attached hydrogen (secondary N) is 1. The fraction of sp³-hybridized carbons (Fsp3) is 0.259. The molecule has 0 fully saturated rings. The van der Waals surface area contributed by atoms with E-state index in [1.54, 1.807) is 24.3 Å². The summed E-state index contributed by atoms with van der Waals surface area (Å²) in [6.45, 7) is 0.579. The average molecular weight is 518 g/mol. The number of aliphatic imine (C=N–C) groups is 1. The van der Waals surface area contributed by atoms with Crippen LogP contribution in [0.25, 0.3) is 11.1 Å². The van der Waals surface area contributed by atoms with Crippen molar-refractivity contribution in [3.8, 4) is 16.9 Å². The van der Waals surface area contributed by atoms with Crippen molar-refractivity contribution in [2.75, 3.05) is 20.3 Å². The molecule has 37 heavy (non-hydrogen) atoms.